The minimum atomic E-state index is -3.02. The average Bonchev–Trinajstić information content (AvgIpc) is 3.66. The van der Waals surface area contributed by atoms with Gasteiger partial charge < -0.3 is 24.8 Å². The molecule has 0 amide bonds. The van der Waals surface area contributed by atoms with E-state index in [1.807, 2.05) is 24.3 Å². The van der Waals surface area contributed by atoms with Crippen LogP contribution in [-0.4, -0.2) is 3.21 Å². The molecule has 262 valence electrons. The topological polar surface area (TPSA) is 0 Å². The summed E-state index contributed by atoms with van der Waals surface area (Å²) < 4.78 is 0.185. The van der Waals surface area contributed by atoms with Gasteiger partial charge in [0.15, 0.2) is 0 Å². The van der Waals surface area contributed by atoms with E-state index in [4.69, 9.17) is 69.6 Å². The van der Waals surface area contributed by atoms with Gasteiger partial charge in [0.2, 0.25) is 0 Å². The average molecular weight is 906 g/mol. The van der Waals surface area contributed by atoms with Crippen LogP contribution in [0.3, 0.4) is 0 Å². The summed E-state index contributed by atoms with van der Waals surface area (Å²) in [6.45, 7) is 13.9. The molecular weight excluding hydrogens is 867 g/mol. The van der Waals surface area contributed by atoms with Crippen LogP contribution in [0.15, 0.2) is 103 Å². The molecule has 0 atom stereocenters. The van der Waals surface area contributed by atoms with Crippen molar-refractivity contribution in [3.8, 4) is 11.1 Å². The van der Waals surface area contributed by atoms with Crippen LogP contribution < -0.4 is 28.1 Å². The molecule has 2 aliphatic carbocycles. The Morgan fingerprint density at radius 1 is 0.580 bits per heavy atom. The number of hydrogen-bond donors (Lipinski definition) is 0. The van der Waals surface area contributed by atoms with Gasteiger partial charge in [-0.05, 0) is 0 Å². The molecule has 4 aromatic rings. The van der Waals surface area contributed by atoms with Crippen molar-refractivity contribution in [2.24, 2.45) is 0 Å². The Hall–Kier alpha value is -0.567. The van der Waals surface area contributed by atoms with Gasteiger partial charge in [-0.3, -0.25) is 0 Å². The molecule has 4 aromatic carbocycles. The largest absolute Gasteiger partial charge is 1.00 e. The zero-order valence-electron chi connectivity index (χ0n) is 28.6. The monoisotopic (exact) mass is 900 g/mol. The van der Waals surface area contributed by atoms with Crippen molar-refractivity contribution in [1.29, 1.82) is 0 Å². The van der Waals surface area contributed by atoms with E-state index in [-0.39, 0.29) is 35.6 Å². The predicted octanol–water partition coefficient (Wildman–Crippen LogP) is 6.94. The molecule has 0 aliphatic heterocycles. The Bertz CT molecular complexity index is 1890. The fourth-order valence-corrected chi connectivity index (χ4v) is 16.9. The molecule has 0 bridgehead atoms. The number of halogens is 8. The van der Waals surface area contributed by atoms with Crippen LogP contribution in [-0.2, 0) is 46.1 Å². The molecule has 0 fully saturated rings. The van der Waals surface area contributed by atoms with Crippen molar-refractivity contribution in [3.63, 3.8) is 0 Å². The van der Waals surface area contributed by atoms with Gasteiger partial charge in [-0.15, -0.1) is 0 Å². The normalized spacial score (nSPS) is 14.0. The minimum Gasteiger partial charge on any atom is -1.00 e. The second-order valence-corrected chi connectivity index (χ2v) is 25.5. The van der Waals surface area contributed by atoms with E-state index in [1.54, 1.807) is 3.27 Å². The summed E-state index contributed by atoms with van der Waals surface area (Å²) in [4.78, 5) is 0. The van der Waals surface area contributed by atoms with Crippen LogP contribution in [0.4, 0.5) is 0 Å². The maximum absolute atomic E-state index is 6.33. The first-order chi connectivity index (χ1) is 22.3. The Morgan fingerprint density at radius 3 is 1.48 bits per heavy atom. The Kier molecular flexibility index (Phi) is 13.2. The molecule has 0 spiro atoms. The SMILES string of the molecule is CC(C)(C)c1ccc2c(c1)Cc1c-2ccc(C(C)(C)C)[c]1[Zr+2](=[C](c1ccc(C(Cl)(Cl)Cl)cc1)c1ccc(C(Cl)(Cl)Cl)cc1)[CH]1C=CC=C1.[Cl-].[Cl-]. The maximum Gasteiger partial charge on any atom is -1.00 e. The summed E-state index contributed by atoms with van der Waals surface area (Å²) in [6.07, 6.45) is 10.1. The first-order valence-corrected chi connectivity index (χ1v) is 22.2. The fourth-order valence-electron chi connectivity index (χ4n) is 6.89. The van der Waals surface area contributed by atoms with Crippen LogP contribution in [0.25, 0.3) is 11.1 Å². The molecule has 0 saturated heterocycles. The van der Waals surface area contributed by atoms with Gasteiger partial charge in [0, 0.05) is 0 Å². The van der Waals surface area contributed by atoms with Crippen LogP contribution in [0.2, 0.25) is 3.63 Å². The molecule has 50 heavy (non-hydrogen) atoms. The molecule has 0 nitrogen and oxygen atoms in total. The van der Waals surface area contributed by atoms with Crippen molar-refractivity contribution < 1.29 is 46.1 Å². The minimum absolute atomic E-state index is 0. The van der Waals surface area contributed by atoms with Crippen molar-refractivity contribution in [2.45, 2.75) is 70.0 Å². The number of hydrogen-bond acceptors (Lipinski definition) is 0. The maximum atomic E-state index is 6.33. The van der Waals surface area contributed by atoms with E-state index in [9.17, 15) is 0 Å². The van der Waals surface area contributed by atoms with Gasteiger partial charge in [0.05, 0.1) is 0 Å². The van der Waals surface area contributed by atoms with Crippen molar-refractivity contribution >= 4 is 76.1 Å². The van der Waals surface area contributed by atoms with E-state index < -0.39 is 28.9 Å². The van der Waals surface area contributed by atoms with Crippen LogP contribution in [0.5, 0.6) is 0 Å². The summed E-state index contributed by atoms with van der Waals surface area (Å²) in [6, 6.07) is 28.0. The van der Waals surface area contributed by atoms with Gasteiger partial charge in [-0.25, -0.2) is 0 Å². The van der Waals surface area contributed by atoms with Crippen molar-refractivity contribution in [3.05, 3.63) is 148 Å². The zero-order valence-corrected chi connectivity index (χ0v) is 37.1. The van der Waals surface area contributed by atoms with E-state index in [2.05, 4.69) is 120 Å². The van der Waals surface area contributed by atoms with E-state index >= 15 is 0 Å². The fraction of sp³-hybridized carbons (Fsp3) is 0.293. The van der Waals surface area contributed by atoms with E-state index in [0.717, 1.165) is 17.5 Å². The standard InChI is InChI=1S/C21H25.C15H8Cl6.C5H5.2ClH.Zr/c1-20(2,3)16-7-9-18-14(12-16)11-15-13-17(21(4,5)6)8-10-19(15)18;16-14(17,18)12-5-1-10(2-6-12)9-11-3-7-13(8-4-11)15(19,20)21;1-2-4-5-3-1;;;/h7-10,12H,11H2,1-6H3;1-8H;1-5H;2*1H;/q;;;;;+2/p-2. The number of rotatable bonds is 4. The molecule has 0 radical (unpaired) electrons. The second kappa shape index (κ2) is 15.7. The van der Waals surface area contributed by atoms with Crippen LogP contribution in [0, 0.1) is 0 Å². The first-order valence-electron chi connectivity index (χ1n) is 16.1. The van der Waals surface area contributed by atoms with Gasteiger partial charge in [-0.1, -0.05) is 0 Å². The second-order valence-electron chi connectivity index (χ2n) is 14.8. The summed E-state index contributed by atoms with van der Waals surface area (Å²) in [5.41, 5.74) is 11.9. The number of fused-ring (bicyclic) bond motifs is 3. The number of benzene rings is 4. The number of allylic oxidation sites excluding steroid dienone is 4. The van der Waals surface area contributed by atoms with E-state index in [1.165, 1.54) is 36.6 Å². The molecule has 6 rings (SSSR count). The van der Waals surface area contributed by atoms with Gasteiger partial charge in [0.1, 0.15) is 0 Å². The Balaban J connectivity index is 0.00000281. The van der Waals surface area contributed by atoms with Gasteiger partial charge >= 0.3 is 326 Å². The molecule has 0 N–H and O–H groups in total. The predicted molar refractivity (Wildman–Crippen MR) is 208 cm³/mol. The molecule has 0 saturated carbocycles. The molecule has 0 heterocycles. The molecule has 0 aromatic heterocycles. The Labute approximate surface area is 347 Å². The third kappa shape index (κ3) is 8.70. The molecule has 2 aliphatic rings. The number of alkyl halides is 6. The third-order valence-corrected chi connectivity index (χ3v) is 18.7. The summed E-state index contributed by atoms with van der Waals surface area (Å²) in [7, 11) is 0. The van der Waals surface area contributed by atoms with Crippen LogP contribution in [0.1, 0.15) is 86.1 Å². The summed E-state index contributed by atoms with van der Waals surface area (Å²) in [5.74, 6) is 0. The zero-order chi connectivity index (χ0) is 34.8. The summed E-state index contributed by atoms with van der Waals surface area (Å²) >= 11 is 35.0. The van der Waals surface area contributed by atoms with E-state index in [0.29, 0.717) is 14.8 Å². The third-order valence-electron chi connectivity index (χ3n) is 9.37. The Morgan fingerprint density at radius 2 is 1.04 bits per heavy atom. The van der Waals surface area contributed by atoms with Gasteiger partial charge in [-0.2, -0.15) is 0 Å². The van der Waals surface area contributed by atoms with Crippen molar-refractivity contribution in [1.82, 2.24) is 0 Å². The van der Waals surface area contributed by atoms with Gasteiger partial charge in [0.25, 0.3) is 0 Å². The molecular formula is C41H38Cl8Zr. The van der Waals surface area contributed by atoms with Crippen molar-refractivity contribution in [2.75, 3.05) is 0 Å². The summed E-state index contributed by atoms with van der Waals surface area (Å²) in [5, 5.41) is 0. The molecule has 0 unspecified atom stereocenters. The van der Waals surface area contributed by atoms with Crippen LogP contribution >= 0.6 is 69.6 Å². The smallest absolute Gasteiger partial charge is 1.00 e. The quantitative estimate of drug-likeness (QED) is 0.172. The molecule has 9 heteroatoms. The first kappa shape index (κ1) is 42.2.